The van der Waals surface area contributed by atoms with Gasteiger partial charge in [-0.05, 0) is 31.0 Å². The summed E-state index contributed by atoms with van der Waals surface area (Å²) in [6.45, 7) is 3.74. The highest BCUT2D eigenvalue weighted by Gasteiger charge is 2.23. The van der Waals surface area contributed by atoms with Crippen LogP contribution < -0.4 is 10.5 Å². The van der Waals surface area contributed by atoms with Crippen LogP contribution in [0.1, 0.15) is 11.1 Å². The minimum atomic E-state index is -3.75. The van der Waals surface area contributed by atoms with Crippen LogP contribution in [-0.2, 0) is 17.1 Å². The predicted molar refractivity (Wildman–Crippen MR) is 74.3 cm³/mol. The smallest absolute Gasteiger partial charge is 0.281 e. The van der Waals surface area contributed by atoms with Crippen molar-refractivity contribution in [3.63, 3.8) is 0 Å². The lowest BCUT2D eigenvalue weighted by molar-refractivity contribution is 0.592. The Morgan fingerprint density at radius 3 is 2.58 bits per heavy atom. The van der Waals surface area contributed by atoms with Crippen molar-refractivity contribution in [2.75, 3.05) is 10.5 Å². The Morgan fingerprint density at radius 2 is 2.00 bits per heavy atom. The molecule has 0 unspecified atom stereocenters. The zero-order valence-electron chi connectivity index (χ0n) is 11.0. The molecule has 1 heterocycles. The molecular formula is C12H16N4O2S. The average Bonchev–Trinajstić information content (AvgIpc) is 2.64. The second kappa shape index (κ2) is 4.58. The van der Waals surface area contributed by atoms with E-state index in [1.807, 2.05) is 26.0 Å². The van der Waals surface area contributed by atoms with Gasteiger partial charge in [-0.1, -0.05) is 12.1 Å². The number of hydrogen-bond donors (Lipinski definition) is 2. The van der Waals surface area contributed by atoms with Gasteiger partial charge in [0.15, 0.2) is 10.8 Å². The summed E-state index contributed by atoms with van der Waals surface area (Å²) in [4.78, 5) is 3.79. The molecule has 6 nitrogen and oxygen atoms in total. The summed E-state index contributed by atoms with van der Waals surface area (Å²) >= 11 is 0. The topological polar surface area (TPSA) is 90.0 Å². The van der Waals surface area contributed by atoms with E-state index in [1.165, 1.54) is 10.9 Å². The fraction of sp³-hybridized carbons (Fsp3) is 0.250. The summed E-state index contributed by atoms with van der Waals surface area (Å²) in [6, 6.07) is 5.56. The number of nitrogen functional groups attached to an aromatic ring is 1. The van der Waals surface area contributed by atoms with Gasteiger partial charge in [0.05, 0.1) is 12.0 Å². The maximum atomic E-state index is 12.3. The second-order valence-corrected chi connectivity index (χ2v) is 6.07. The van der Waals surface area contributed by atoms with Gasteiger partial charge in [0.1, 0.15) is 0 Å². The molecule has 0 bridgehead atoms. The zero-order valence-corrected chi connectivity index (χ0v) is 11.8. The molecule has 102 valence electrons. The molecular weight excluding hydrogens is 264 g/mol. The van der Waals surface area contributed by atoms with E-state index in [9.17, 15) is 8.42 Å². The number of rotatable bonds is 3. The third-order valence-corrected chi connectivity index (χ3v) is 4.30. The van der Waals surface area contributed by atoms with Crippen molar-refractivity contribution in [3.05, 3.63) is 35.7 Å². The zero-order chi connectivity index (χ0) is 14.2. The van der Waals surface area contributed by atoms with Crippen LogP contribution in [0.2, 0.25) is 0 Å². The molecule has 0 saturated heterocycles. The van der Waals surface area contributed by atoms with E-state index < -0.39 is 10.0 Å². The molecule has 0 fully saturated rings. The van der Waals surface area contributed by atoms with Crippen LogP contribution in [0.5, 0.6) is 0 Å². The lowest BCUT2D eigenvalue weighted by Crippen LogP contribution is -2.18. The molecule has 0 spiro atoms. The molecule has 0 aliphatic rings. The van der Waals surface area contributed by atoms with E-state index in [0.717, 1.165) is 11.1 Å². The van der Waals surface area contributed by atoms with Gasteiger partial charge in [-0.15, -0.1) is 0 Å². The van der Waals surface area contributed by atoms with E-state index >= 15 is 0 Å². The van der Waals surface area contributed by atoms with Gasteiger partial charge in [0, 0.05) is 7.05 Å². The number of nitrogens with one attached hydrogen (secondary N) is 1. The lowest BCUT2D eigenvalue weighted by atomic mass is 10.1. The van der Waals surface area contributed by atoms with Gasteiger partial charge in [0.2, 0.25) is 0 Å². The van der Waals surface area contributed by atoms with Crippen molar-refractivity contribution < 1.29 is 8.42 Å². The number of nitrogens with two attached hydrogens (primary N) is 1. The molecule has 0 radical (unpaired) electrons. The summed E-state index contributed by atoms with van der Waals surface area (Å²) in [7, 11) is -2.16. The Hall–Kier alpha value is -2.02. The maximum absolute atomic E-state index is 12.3. The minimum Gasteiger partial charge on any atom is -0.381 e. The van der Waals surface area contributed by atoms with Crippen LogP contribution >= 0.6 is 0 Å². The fourth-order valence-electron chi connectivity index (χ4n) is 1.80. The van der Waals surface area contributed by atoms with E-state index in [0.29, 0.717) is 5.69 Å². The first kappa shape index (κ1) is 13.4. The normalized spacial score (nSPS) is 11.5. The van der Waals surface area contributed by atoms with Crippen molar-refractivity contribution in [3.8, 4) is 0 Å². The van der Waals surface area contributed by atoms with Gasteiger partial charge in [-0.25, -0.2) is 4.98 Å². The molecule has 0 aliphatic heterocycles. The maximum Gasteiger partial charge on any atom is 0.281 e. The van der Waals surface area contributed by atoms with Crippen LogP contribution in [0, 0.1) is 13.8 Å². The Morgan fingerprint density at radius 1 is 1.32 bits per heavy atom. The van der Waals surface area contributed by atoms with Crippen molar-refractivity contribution >= 4 is 21.5 Å². The molecule has 0 atom stereocenters. The van der Waals surface area contributed by atoms with Crippen molar-refractivity contribution in [1.29, 1.82) is 0 Å². The monoisotopic (exact) mass is 280 g/mol. The van der Waals surface area contributed by atoms with Gasteiger partial charge in [-0.3, -0.25) is 4.72 Å². The first-order valence-corrected chi connectivity index (χ1v) is 7.16. The second-order valence-electron chi connectivity index (χ2n) is 4.47. The summed E-state index contributed by atoms with van der Waals surface area (Å²) < 4.78 is 28.6. The van der Waals surface area contributed by atoms with Crippen LogP contribution in [0.25, 0.3) is 0 Å². The van der Waals surface area contributed by atoms with Crippen molar-refractivity contribution in [2.24, 2.45) is 7.05 Å². The first-order chi connectivity index (χ1) is 8.81. The average molecular weight is 280 g/mol. The summed E-state index contributed by atoms with van der Waals surface area (Å²) in [6.07, 6.45) is 1.37. The molecule has 1 aromatic carbocycles. The van der Waals surface area contributed by atoms with Crippen LogP contribution in [0.3, 0.4) is 0 Å². The molecule has 1 aromatic heterocycles. The van der Waals surface area contributed by atoms with Crippen LogP contribution in [0.15, 0.2) is 29.6 Å². The first-order valence-electron chi connectivity index (χ1n) is 5.68. The standard InChI is InChI=1S/C12H16N4O2S/c1-8-4-5-9(2)10(6-8)15-19(17,18)12-11(13)14-7-16(12)3/h4-7,15H,13H2,1-3H3. The molecule has 2 rings (SSSR count). The number of nitrogens with zero attached hydrogens (tertiary/aromatic N) is 2. The van der Waals surface area contributed by atoms with Gasteiger partial charge in [0.25, 0.3) is 10.0 Å². The summed E-state index contributed by atoms with van der Waals surface area (Å²) in [5, 5.41) is -0.0339. The predicted octanol–water partition coefficient (Wildman–Crippen LogP) is 1.42. The molecule has 0 saturated carbocycles. The fourth-order valence-corrected chi connectivity index (χ4v) is 3.16. The quantitative estimate of drug-likeness (QED) is 0.889. The molecule has 0 amide bonds. The Labute approximate surface area is 112 Å². The highest BCUT2D eigenvalue weighted by molar-refractivity contribution is 7.92. The number of hydrogen-bond acceptors (Lipinski definition) is 4. The van der Waals surface area contributed by atoms with E-state index in [-0.39, 0.29) is 10.8 Å². The number of sulfonamides is 1. The Bertz CT molecular complexity index is 700. The van der Waals surface area contributed by atoms with Gasteiger partial charge in [-0.2, -0.15) is 8.42 Å². The third-order valence-electron chi connectivity index (χ3n) is 2.80. The Balaban J connectivity index is 2.45. The molecule has 7 heteroatoms. The minimum absolute atomic E-state index is 0.0136. The lowest BCUT2D eigenvalue weighted by Gasteiger charge is -2.12. The van der Waals surface area contributed by atoms with Crippen molar-refractivity contribution in [2.45, 2.75) is 18.9 Å². The SMILES string of the molecule is Cc1ccc(C)c(NS(=O)(=O)c2c(N)ncn2C)c1. The Kier molecular flexibility index (Phi) is 3.23. The number of anilines is 2. The van der Waals surface area contributed by atoms with E-state index in [2.05, 4.69) is 9.71 Å². The molecule has 3 N–H and O–H groups in total. The number of benzene rings is 1. The van der Waals surface area contributed by atoms with Gasteiger partial charge < -0.3 is 10.3 Å². The van der Waals surface area contributed by atoms with Gasteiger partial charge >= 0.3 is 0 Å². The van der Waals surface area contributed by atoms with Crippen LogP contribution in [0.4, 0.5) is 11.5 Å². The van der Waals surface area contributed by atoms with E-state index in [1.54, 1.807) is 13.1 Å². The largest absolute Gasteiger partial charge is 0.381 e. The highest BCUT2D eigenvalue weighted by Crippen LogP contribution is 2.23. The number of imidazole rings is 1. The number of aromatic nitrogens is 2. The summed E-state index contributed by atoms with van der Waals surface area (Å²) in [5.41, 5.74) is 7.96. The number of aryl methyl sites for hydroxylation is 3. The molecule has 19 heavy (non-hydrogen) atoms. The molecule has 0 aliphatic carbocycles. The van der Waals surface area contributed by atoms with E-state index in [4.69, 9.17) is 5.73 Å². The van der Waals surface area contributed by atoms with Crippen molar-refractivity contribution in [1.82, 2.24) is 9.55 Å². The highest BCUT2D eigenvalue weighted by atomic mass is 32.2. The summed E-state index contributed by atoms with van der Waals surface area (Å²) in [5.74, 6) is -0.0136. The third kappa shape index (κ3) is 2.55. The van der Waals surface area contributed by atoms with Crippen LogP contribution in [-0.4, -0.2) is 18.0 Å². The molecule has 2 aromatic rings.